The number of hydrogen-bond acceptors (Lipinski definition) is 2. The molecule has 4 heteroatoms. The van der Waals surface area contributed by atoms with Gasteiger partial charge in [-0.05, 0) is 11.8 Å². The summed E-state index contributed by atoms with van der Waals surface area (Å²) in [5, 5.41) is 0. The third-order valence-corrected chi connectivity index (χ3v) is 0.928. The van der Waals surface area contributed by atoms with Crippen LogP contribution < -0.4 is 0 Å². The number of hydrogen-bond donors (Lipinski definition) is 0. The number of nitrogens with zero attached hydrogens (tertiary/aromatic N) is 1. The summed E-state index contributed by atoms with van der Waals surface area (Å²) >= 11 is 0. The minimum atomic E-state index is -2.62. The van der Waals surface area contributed by atoms with E-state index in [-0.39, 0.29) is 5.69 Å². The van der Waals surface area contributed by atoms with E-state index in [9.17, 15) is 8.78 Å². The van der Waals surface area contributed by atoms with Crippen LogP contribution in [0.15, 0.2) is 10.7 Å². The van der Waals surface area contributed by atoms with Crippen LogP contribution in [0.3, 0.4) is 0 Å². The van der Waals surface area contributed by atoms with Gasteiger partial charge in [0, 0.05) is 6.92 Å². The first-order valence-corrected chi connectivity index (χ1v) is 2.90. The third-order valence-electron chi connectivity index (χ3n) is 0.928. The van der Waals surface area contributed by atoms with E-state index >= 15 is 0 Å². The van der Waals surface area contributed by atoms with Gasteiger partial charge >= 0.3 is 0 Å². The van der Waals surface area contributed by atoms with Crippen LogP contribution in [0.4, 0.5) is 8.78 Å². The van der Waals surface area contributed by atoms with Crippen LogP contribution in [0.25, 0.3) is 0 Å². The molecule has 0 aliphatic carbocycles. The monoisotopic (exact) mass is 157 g/mol. The van der Waals surface area contributed by atoms with Crippen LogP contribution in [-0.2, 0) is 0 Å². The molecule has 2 nitrogen and oxygen atoms in total. The topological polar surface area (TPSA) is 26.0 Å². The van der Waals surface area contributed by atoms with E-state index < -0.39 is 6.43 Å². The van der Waals surface area contributed by atoms with Gasteiger partial charge in [-0.25, -0.2) is 4.98 Å². The van der Waals surface area contributed by atoms with Crippen molar-refractivity contribution in [2.75, 3.05) is 0 Å². The van der Waals surface area contributed by atoms with E-state index in [1.165, 1.54) is 6.26 Å². The zero-order valence-corrected chi connectivity index (χ0v) is 5.77. The summed E-state index contributed by atoms with van der Waals surface area (Å²) in [4.78, 5) is 3.71. The summed E-state index contributed by atoms with van der Waals surface area (Å²) < 4.78 is 27.7. The van der Waals surface area contributed by atoms with Crippen molar-refractivity contribution in [1.29, 1.82) is 0 Å². The summed E-state index contributed by atoms with van der Waals surface area (Å²) in [6.07, 6.45) is -1.38. The quantitative estimate of drug-likeness (QED) is 0.534. The van der Waals surface area contributed by atoms with Crippen molar-refractivity contribution in [1.82, 2.24) is 4.98 Å². The van der Waals surface area contributed by atoms with Crippen molar-refractivity contribution in [2.45, 2.75) is 13.3 Å². The predicted molar refractivity (Wildman–Crippen MR) is 34.1 cm³/mol. The van der Waals surface area contributed by atoms with Crippen molar-refractivity contribution in [3.05, 3.63) is 17.8 Å². The number of aromatic nitrogens is 1. The van der Waals surface area contributed by atoms with E-state index in [1.54, 1.807) is 12.8 Å². The molecule has 1 rings (SSSR count). The zero-order valence-electron chi connectivity index (χ0n) is 5.77. The van der Waals surface area contributed by atoms with Crippen LogP contribution in [0.2, 0.25) is 0 Å². The summed E-state index contributed by atoms with van der Waals surface area (Å²) in [7, 11) is 0. The maximum absolute atomic E-state index is 11.5. The number of alkyl halides is 2. The summed E-state index contributed by atoms with van der Waals surface area (Å²) in [6, 6.07) is 0. The average Bonchev–Trinajstić information content (AvgIpc) is 2.31. The zero-order chi connectivity index (χ0) is 8.27. The molecule has 0 aliphatic heterocycles. The van der Waals surface area contributed by atoms with E-state index in [1.807, 2.05) is 0 Å². The lowest BCUT2D eigenvalue weighted by atomic mass is 10.5. The van der Waals surface area contributed by atoms with Gasteiger partial charge in [-0.1, -0.05) is 0 Å². The fourth-order valence-electron chi connectivity index (χ4n) is 0.549. The minimum Gasteiger partial charge on any atom is -0.448 e. The van der Waals surface area contributed by atoms with Crippen LogP contribution in [0, 0.1) is 18.8 Å². The summed E-state index contributed by atoms with van der Waals surface area (Å²) in [5.41, 5.74) is 0.239. The molecule has 0 bridgehead atoms. The van der Waals surface area contributed by atoms with E-state index in [2.05, 4.69) is 10.9 Å². The maximum Gasteiger partial charge on any atom is 0.299 e. The first-order chi connectivity index (χ1) is 5.18. The van der Waals surface area contributed by atoms with Crippen molar-refractivity contribution >= 4 is 0 Å². The largest absolute Gasteiger partial charge is 0.448 e. The van der Waals surface area contributed by atoms with E-state index in [0.717, 1.165) is 0 Å². The van der Waals surface area contributed by atoms with Crippen LogP contribution in [0.5, 0.6) is 0 Å². The van der Waals surface area contributed by atoms with Crippen molar-refractivity contribution in [3.63, 3.8) is 0 Å². The molecule has 0 saturated heterocycles. The molecule has 58 valence electrons. The van der Waals surface area contributed by atoms with Gasteiger partial charge in [0.05, 0.1) is 0 Å². The highest BCUT2D eigenvalue weighted by Crippen LogP contribution is 1.98. The molecule has 0 fully saturated rings. The molecule has 0 N–H and O–H groups in total. The highest BCUT2D eigenvalue weighted by molar-refractivity contribution is 5.24. The van der Waals surface area contributed by atoms with E-state index in [4.69, 9.17) is 4.42 Å². The Bertz CT molecular complexity index is 295. The maximum atomic E-state index is 11.5. The molecule has 1 aromatic rings. The minimum absolute atomic E-state index is 0.239. The molecule has 0 atom stereocenters. The highest BCUT2D eigenvalue weighted by atomic mass is 19.3. The number of halogens is 2. The van der Waals surface area contributed by atoms with Crippen LogP contribution >= 0.6 is 0 Å². The molecule has 0 radical (unpaired) electrons. The molecule has 0 unspecified atom stereocenters. The van der Waals surface area contributed by atoms with Gasteiger partial charge in [0.1, 0.15) is 6.26 Å². The first-order valence-electron chi connectivity index (χ1n) is 2.90. The molecule has 1 aromatic heterocycles. The summed E-state index contributed by atoms with van der Waals surface area (Å²) in [6.45, 7) is 1.62. The Morgan fingerprint density at radius 2 is 2.36 bits per heavy atom. The van der Waals surface area contributed by atoms with Gasteiger partial charge in [0.15, 0.2) is 11.6 Å². The molecule has 0 amide bonds. The fourth-order valence-corrected chi connectivity index (χ4v) is 0.549. The Kier molecular flexibility index (Phi) is 2.21. The number of rotatable bonds is 0. The third kappa shape index (κ3) is 2.38. The molecule has 0 aromatic carbocycles. The normalized spacial score (nSPS) is 9.45. The second kappa shape index (κ2) is 3.15. The Morgan fingerprint density at radius 1 is 1.64 bits per heavy atom. The van der Waals surface area contributed by atoms with Crippen LogP contribution in [0.1, 0.15) is 11.6 Å². The molecule has 11 heavy (non-hydrogen) atoms. The smallest absolute Gasteiger partial charge is 0.299 e. The standard InChI is InChI=1S/C7H5F2NO/c1-5-10-6(4-11-5)2-3-7(8)9/h4,7H,1H3. The van der Waals surface area contributed by atoms with Gasteiger partial charge < -0.3 is 4.42 Å². The number of oxazole rings is 1. The Labute approximate surface area is 62.2 Å². The molecule has 0 saturated carbocycles. The van der Waals surface area contributed by atoms with E-state index in [0.29, 0.717) is 5.89 Å². The van der Waals surface area contributed by atoms with Gasteiger partial charge in [-0.15, -0.1) is 0 Å². The molecule has 0 aliphatic rings. The summed E-state index contributed by atoms with van der Waals surface area (Å²) in [5.74, 6) is 4.25. The number of aryl methyl sites for hydroxylation is 1. The highest BCUT2D eigenvalue weighted by Gasteiger charge is 1.96. The van der Waals surface area contributed by atoms with Gasteiger partial charge in [0.25, 0.3) is 6.43 Å². The molecular weight excluding hydrogens is 152 g/mol. The Hall–Kier alpha value is -1.37. The van der Waals surface area contributed by atoms with Crippen molar-refractivity contribution in [3.8, 4) is 11.8 Å². The predicted octanol–water partition coefficient (Wildman–Crippen LogP) is 1.60. The van der Waals surface area contributed by atoms with Gasteiger partial charge in [0.2, 0.25) is 0 Å². The second-order valence-corrected chi connectivity index (χ2v) is 1.82. The fraction of sp³-hybridized carbons (Fsp3) is 0.286. The van der Waals surface area contributed by atoms with Crippen LogP contribution in [-0.4, -0.2) is 11.4 Å². The van der Waals surface area contributed by atoms with Crippen molar-refractivity contribution < 1.29 is 13.2 Å². The van der Waals surface area contributed by atoms with Gasteiger partial charge in [-0.2, -0.15) is 8.78 Å². The first kappa shape index (κ1) is 7.73. The lowest BCUT2D eigenvalue weighted by Gasteiger charge is -1.77. The van der Waals surface area contributed by atoms with Crippen molar-refractivity contribution in [2.24, 2.45) is 0 Å². The van der Waals surface area contributed by atoms with Gasteiger partial charge in [-0.3, -0.25) is 0 Å². The lowest BCUT2D eigenvalue weighted by molar-refractivity contribution is 0.215. The lowest BCUT2D eigenvalue weighted by Crippen LogP contribution is -1.82. The molecule has 0 spiro atoms. The molecular formula is C7H5F2NO. The SMILES string of the molecule is Cc1nc(C#CC(F)F)co1. The molecule has 1 heterocycles. The Morgan fingerprint density at radius 3 is 2.82 bits per heavy atom. The Balaban J connectivity index is 2.74. The average molecular weight is 157 g/mol. The second-order valence-electron chi connectivity index (χ2n) is 1.82.